The third kappa shape index (κ3) is 4.55. The molecular formula is C9H22ClN3O2S. The van der Waals surface area contributed by atoms with Crippen molar-refractivity contribution in [3.05, 3.63) is 0 Å². The molecule has 1 aliphatic rings. The predicted octanol–water partition coefficient (Wildman–Crippen LogP) is 0.322. The Morgan fingerprint density at radius 1 is 1.50 bits per heavy atom. The third-order valence-electron chi connectivity index (χ3n) is 2.69. The lowest BCUT2D eigenvalue weighted by molar-refractivity contribution is 0.436. The van der Waals surface area contributed by atoms with Crippen LogP contribution in [0.15, 0.2) is 0 Å². The van der Waals surface area contributed by atoms with Gasteiger partial charge in [-0.2, -0.15) is 17.4 Å². The topological polar surface area (TPSA) is 75.4 Å². The smallest absolute Gasteiger partial charge is 0.279 e. The molecule has 1 unspecified atom stereocenters. The summed E-state index contributed by atoms with van der Waals surface area (Å²) < 4.78 is 27.6. The molecule has 0 aromatic rings. The highest BCUT2D eigenvalue weighted by Gasteiger charge is 2.33. The molecule has 0 aromatic heterocycles. The first-order chi connectivity index (χ1) is 7.01. The maximum Gasteiger partial charge on any atom is 0.279 e. The van der Waals surface area contributed by atoms with Gasteiger partial charge in [0, 0.05) is 26.2 Å². The van der Waals surface area contributed by atoms with E-state index in [1.165, 1.54) is 4.31 Å². The van der Waals surface area contributed by atoms with Crippen LogP contribution in [0.1, 0.15) is 26.2 Å². The van der Waals surface area contributed by atoms with Crippen LogP contribution in [-0.2, 0) is 10.2 Å². The van der Waals surface area contributed by atoms with Crippen molar-refractivity contribution in [1.82, 2.24) is 9.03 Å². The van der Waals surface area contributed by atoms with Crippen LogP contribution in [0.3, 0.4) is 0 Å². The summed E-state index contributed by atoms with van der Waals surface area (Å²) in [6.45, 7) is 2.87. The third-order valence-corrected chi connectivity index (χ3v) is 4.30. The second-order valence-corrected chi connectivity index (χ2v) is 5.93. The normalized spacial score (nSPS) is 18.2. The Kier molecular flexibility index (Phi) is 6.81. The van der Waals surface area contributed by atoms with E-state index in [1.54, 1.807) is 7.05 Å². The number of halogens is 1. The SMILES string of the molecule is CCCN(C)S(=O)(=O)NC(CN)C1CC1.Cl. The maximum atomic E-state index is 11.8. The minimum atomic E-state index is -3.34. The molecule has 0 radical (unpaired) electrons. The zero-order valence-electron chi connectivity index (χ0n) is 9.85. The van der Waals surface area contributed by atoms with Crippen molar-refractivity contribution in [2.45, 2.75) is 32.2 Å². The second-order valence-electron chi connectivity index (χ2n) is 4.12. The van der Waals surface area contributed by atoms with Gasteiger partial charge in [0.2, 0.25) is 0 Å². The fraction of sp³-hybridized carbons (Fsp3) is 1.00. The van der Waals surface area contributed by atoms with Gasteiger partial charge in [-0.25, -0.2) is 0 Å². The van der Waals surface area contributed by atoms with Gasteiger partial charge in [0.05, 0.1) is 0 Å². The molecule has 0 aromatic carbocycles. The Balaban J connectivity index is 0.00000225. The Morgan fingerprint density at radius 3 is 2.44 bits per heavy atom. The van der Waals surface area contributed by atoms with Crippen LogP contribution in [0.4, 0.5) is 0 Å². The lowest BCUT2D eigenvalue weighted by Gasteiger charge is -2.21. The van der Waals surface area contributed by atoms with Gasteiger partial charge in [0.25, 0.3) is 10.2 Å². The van der Waals surface area contributed by atoms with Gasteiger partial charge >= 0.3 is 0 Å². The van der Waals surface area contributed by atoms with Gasteiger partial charge in [-0.1, -0.05) is 6.92 Å². The number of nitrogens with zero attached hydrogens (tertiary/aromatic N) is 1. The highest BCUT2D eigenvalue weighted by atomic mass is 35.5. The van der Waals surface area contributed by atoms with Gasteiger partial charge in [0.15, 0.2) is 0 Å². The molecular weight excluding hydrogens is 250 g/mol. The van der Waals surface area contributed by atoms with Crippen molar-refractivity contribution < 1.29 is 8.42 Å². The molecule has 16 heavy (non-hydrogen) atoms. The number of rotatable bonds is 7. The number of hydrogen-bond donors (Lipinski definition) is 2. The summed E-state index contributed by atoms with van der Waals surface area (Å²) in [5.74, 6) is 0.444. The molecule has 1 aliphatic carbocycles. The van der Waals surface area contributed by atoms with E-state index in [2.05, 4.69) is 4.72 Å². The first-order valence-electron chi connectivity index (χ1n) is 5.45. The molecule has 5 nitrogen and oxygen atoms in total. The van der Waals surface area contributed by atoms with Crippen LogP contribution < -0.4 is 10.5 Å². The first-order valence-corrected chi connectivity index (χ1v) is 6.89. The van der Waals surface area contributed by atoms with Crippen LogP contribution in [0.2, 0.25) is 0 Å². The lowest BCUT2D eigenvalue weighted by atomic mass is 10.2. The monoisotopic (exact) mass is 271 g/mol. The number of nitrogens with one attached hydrogen (secondary N) is 1. The van der Waals surface area contributed by atoms with E-state index in [1.807, 2.05) is 6.92 Å². The summed E-state index contributed by atoms with van der Waals surface area (Å²) in [6, 6.07) is -0.0886. The predicted molar refractivity (Wildman–Crippen MR) is 67.8 cm³/mol. The van der Waals surface area contributed by atoms with Crippen molar-refractivity contribution in [2.24, 2.45) is 11.7 Å². The van der Waals surface area contributed by atoms with Crippen LogP contribution in [0.25, 0.3) is 0 Å². The number of hydrogen-bond acceptors (Lipinski definition) is 3. The van der Waals surface area contributed by atoms with Crippen molar-refractivity contribution in [3.63, 3.8) is 0 Å². The summed E-state index contributed by atoms with van der Waals surface area (Å²) in [7, 11) is -1.75. The van der Waals surface area contributed by atoms with E-state index in [9.17, 15) is 8.42 Å². The maximum absolute atomic E-state index is 11.8. The zero-order valence-corrected chi connectivity index (χ0v) is 11.5. The van der Waals surface area contributed by atoms with E-state index < -0.39 is 10.2 Å². The molecule has 0 bridgehead atoms. The molecule has 0 saturated heterocycles. The van der Waals surface area contributed by atoms with Gasteiger partial charge in [-0.15, -0.1) is 12.4 Å². The summed E-state index contributed by atoms with van der Waals surface area (Å²) in [5, 5.41) is 0. The standard InChI is InChI=1S/C9H21N3O2S.ClH/c1-3-6-12(2)15(13,14)11-9(7-10)8-4-5-8;/h8-9,11H,3-7,10H2,1-2H3;1H. The first kappa shape index (κ1) is 16.1. The van der Waals surface area contributed by atoms with Crippen LogP contribution in [0.5, 0.6) is 0 Å². The summed E-state index contributed by atoms with van der Waals surface area (Å²) in [4.78, 5) is 0. The zero-order chi connectivity index (χ0) is 11.5. The average Bonchev–Trinajstić information content (AvgIpc) is 2.98. The summed E-state index contributed by atoms with van der Waals surface area (Å²) in [6.07, 6.45) is 2.98. The summed E-state index contributed by atoms with van der Waals surface area (Å²) >= 11 is 0. The molecule has 1 atom stereocenters. The minimum absolute atomic E-state index is 0. The van der Waals surface area contributed by atoms with Crippen molar-refractivity contribution in [3.8, 4) is 0 Å². The van der Waals surface area contributed by atoms with Gasteiger partial charge in [-0.3, -0.25) is 0 Å². The van der Waals surface area contributed by atoms with Crippen molar-refractivity contribution in [1.29, 1.82) is 0 Å². The van der Waals surface area contributed by atoms with E-state index in [0.29, 0.717) is 19.0 Å². The Labute approximate surface area is 104 Å². The molecule has 0 amide bonds. The van der Waals surface area contributed by atoms with Crippen LogP contribution in [-0.4, -0.2) is 38.9 Å². The Bertz CT molecular complexity index is 293. The largest absolute Gasteiger partial charge is 0.329 e. The second kappa shape index (κ2) is 6.76. The van der Waals surface area contributed by atoms with E-state index in [0.717, 1.165) is 19.3 Å². The molecule has 1 saturated carbocycles. The quantitative estimate of drug-likeness (QED) is 0.700. The summed E-state index contributed by atoms with van der Waals surface area (Å²) in [5.41, 5.74) is 5.55. The molecule has 0 spiro atoms. The van der Waals surface area contributed by atoms with Gasteiger partial charge in [0.1, 0.15) is 0 Å². The van der Waals surface area contributed by atoms with Gasteiger partial charge < -0.3 is 5.73 Å². The fourth-order valence-electron chi connectivity index (χ4n) is 1.55. The Morgan fingerprint density at radius 2 is 2.06 bits per heavy atom. The molecule has 1 fully saturated rings. The molecule has 3 N–H and O–H groups in total. The molecule has 7 heteroatoms. The van der Waals surface area contributed by atoms with E-state index in [4.69, 9.17) is 5.73 Å². The molecule has 98 valence electrons. The van der Waals surface area contributed by atoms with Crippen LogP contribution >= 0.6 is 12.4 Å². The average molecular weight is 272 g/mol. The van der Waals surface area contributed by atoms with Gasteiger partial charge in [-0.05, 0) is 25.2 Å². The molecule has 0 aliphatic heterocycles. The van der Waals surface area contributed by atoms with Crippen molar-refractivity contribution in [2.75, 3.05) is 20.1 Å². The highest BCUT2D eigenvalue weighted by Crippen LogP contribution is 2.32. The molecule has 0 heterocycles. The minimum Gasteiger partial charge on any atom is -0.329 e. The Hall–Kier alpha value is 0.120. The van der Waals surface area contributed by atoms with E-state index >= 15 is 0 Å². The van der Waals surface area contributed by atoms with Crippen molar-refractivity contribution >= 4 is 22.6 Å². The van der Waals surface area contributed by atoms with E-state index in [-0.39, 0.29) is 18.4 Å². The lowest BCUT2D eigenvalue weighted by Crippen LogP contribution is -2.47. The fourth-order valence-corrected chi connectivity index (χ4v) is 2.83. The highest BCUT2D eigenvalue weighted by molar-refractivity contribution is 7.87. The number of nitrogens with two attached hydrogens (primary N) is 1. The molecule has 1 rings (SSSR count). The van der Waals surface area contributed by atoms with Crippen LogP contribution in [0, 0.1) is 5.92 Å².